The Balaban J connectivity index is 2.02. The number of aliphatic hydroxyl groups is 1. The summed E-state index contributed by atoms with van der Waals surface area (Å²) in [5.74, 6) is 2.87. The summed E-state index contributed by atoms with van der Waals surface area (Å²) in [5, 5.41) is 10.4. The van der Waals surface area contributed by atoms with Crippen LogP contribution in [0.2, 0.25) is 19.6 Å². The Kier molecular flexibility index (Phi) is 4.08. The molecule has 24 heavy (non-hydrogen) atoms. The van der Waals surface area contributed by atoms with E-state index in [1.54, 1.807) is 0 Å². The number of aromatic amines is 1. The van der Waals surface area contributed by atoms with Gasteiger partial charge in [-0.15, -0.1) is 5.54 Å². The Labute approximate surface area is 140 Å². The highest BCUT2D eigenvalue weighted by Gasteiger charge is 2.60. The molecule has 0 aliphatic carbocycles. The van der Waals surface area contributed by atoms with E-state index >= 15 is 0 Å². The normalized spacial score (nSPS) is 31.8. The van der Waals surface area contributed by atoms with Gasteiger partial charge in [-0.1, -0.05) is 32.5 Å². The molecule has 2 saturated heterocycles. The van der Waals surface area contributed by atoms with Crippen LogP contribution in [-0.2, 0) is 9.47 Å². The molecule has 0 aromatic carbocycles. The van der Waals surface area contributed by atoms with Gasteiger partial charge in [-0.2, -0.15) is 0 Å². The Morgan fingerprint density at radius 1 is 1.46 bits per heavy atom. The summed E-state index contributed by atoms with van der Waals surface area (Å²) >= 11 is 0. The lowest BCUT2D eigenvalue weighted by molar-refractivity contribution is -0.175. The number of aliphatic hydroxyl groups excluding tert-OH is 1. The molecule has 0 spiro atoms. The van der Waals surface area contributed by atoms with E-state index < -0.39 is 43.4 Å². The number of fused-ring (bicyclic) bond motifs is 2. The maximum absolute atomic E-state index is 12.2. The van der Waals surface area contributed by atoms with Gasteiger partial charge in [0.05, 0.1) is 6.61 Å². The molecule has 2 fully saturated rings. The monoisotopic (exact) mass is 350 g/mol. The lowest BCUT2D eigenvalue weighted by Crippen LogP contribution is -2.41. The Bertz CT molecular complexity index is 828. The minimum Gasteiger partial charge on any atom is -0.387 e. The fraction of sp³-hybridized carbons (Fsp3) is 0.625. The fourth-order valence-electron chi connectivity index (χ4n) is 2.99. The molecule has 4 atom stereocenters. The van der Waals surface area contributed by atoms with E-state index in [0.717, 1.165) is 0 Å². The van der Waals surface area contributed by atoms with Gasteiger partial charge in [-0.05, 0) is 6.42 Å². The summed E-state index contributed by atoms with van der Waals surface area (Å²) in [6.45, 7) is 8.40. The van der Waals surface area contributed by atoms with Gasteiger partial charge in [-0.3, -0.25) is 14.3 Å². The minimum atomic E-state index is -1.66. The number of nitrogens with one attached hydrogen (secondary N) is 1. The van der Waals surface area contributed by atoms with Crippen molar-refractivity contribution in [3.05, 3.63) is 32.6 Å². The topological polar surface area (TPSA) is 93.6 Å². The molecule has 3 rings (SSSR count). The average Bonchev–Trinajstić information content (AvgIpc) is 2.96. The molecule has 2 aliphatic rings. The van der Waals surface area contributed by atoms with Crippen LogP contribution in [-0.4, -0.2) is 47.1 Å². The van der Waals surface area contributed by atoms with Crippen molar-refractivity contribution in [2.24, 2.45) is 0 Å². The minimum absolute atomic E-state index is 0.212. The molecule has 2 aliphatic heterocycles. The van der Waals surface area contributed by atoms with E-state index in [2.05, 4.69) is 36.1 Å². The van der Waals surface area contributed by atoms with Crippen LogP contribution in [0, 0.1) is 11.5 Å². The second-order valence-corrected chi connectivity index (χ2v) is 12.1. The quantitative estimate of drug-likeness (QED) is 0.587. The molecule has 1 aromatic heterocycles. The summed E-state index contributed by atoms with van der Waals surface area (Å²) in [6.07, 6.45) is -0.236. The van der Waals surface area contributed by atoms with Crippen LogP contribution in [0.3, 0.4) is 0 Å². The van der Waals surface area contributed by atoms with Crippen molar-refractivity contribution in [2.45, 2.75) is 57.0 Å². The first-order chi connectivity index (χ1) is 11.2. The standard InChI is InChI=1S/C16H22N2O5Si/c1-5-16-9-22-11(12(16)19)14(23-16)18-8-10(6-7-24(2,3)4)13(20)17-15(18)21/h8,11-12,14,19H,5,9H2,1-4H3,(H,17,20,21)/t11?,12-,14+,16+/m0/s1. The van der Waals surface area contributed by atoms with Crippen molar-refractivity contribution >= 4 is 8.07 Å². The number of hydrogen-bond donors (Lipinski definition) is 2. The highest BCUT2D eigenvalue weighted by atomic mass is 28.3. The molecular formula is C16H22N2O5Si. The maximum atomic E-state index is 12.2. The number of aromatic nitrogens is 2. The van der Waals surface area contributed by atoms with Gasteiger partial charge in [0.2, 0.25) is 0 Å². The van der Waals surface area contributed by atoms with E-state index in [4.69, 9.17) is 9.47 Å². The molecule has 7 nitrogen and oxygen atoms in total. The van der Waals surface area contributed by atoms with Crippen LogP contribution in [0.15, 0.2) is 15.8 Å². The SMILES string of the molecule is CC[C@]12COC([C@H](n3cc(C#C[Si](C)(C)C)c(=O)[nH]c3=O)O1)[C@@H]2O. The van der Waals surface area contributed by atoms with Gasteiger partial charge < -0.3 is 14.6 Å². The van der Waals surface area contributed by atoms with Gasteiger partial charge in [0.1, 0.15) is 31.4 Å². The predicted molar refractivity (Wildman–Crippen MR) is 90.4 cm³/mol. The summed E-state index contributed by atoms with van der Waals surface area (Å²) in [5.41, 5.74) is 1.41. The molecular weight excluding hydrogens is 328 g/mol. The molecule has 2 N–H and O–H groups in total. The summed E-state index contributed by atoms with van der Waals surface area (Å²) < 4.78 is 12.8. The van der Waals surface area contributed by atoms with Crippen molar-refractivity contribution in [3.8, 4) is 11.5 Å². The Hall–Kier alpha value is -1.66. The number of nitrogens with zero attached hydrogens (tertiary/aromatic N) is 1. The Morgan fingerprint density at radius 3 is 2.75 bits per heavy atom. The second kappa shape index (κ2) is 5.70. The first kappa shape index (κ1) is 17.2. The number of rotatable bonds is 2. The smallest absolute Gasteiger partial charge is 0.330 e. The van der Waals surface area contributed by atoms with Gasteiger partial charge in [0, 0.05) is 6.20 Å². The zero-order chi connectivity index (χ0) is 17.7. The fourth-order valence-corrected chi connectivity index (χ4v) is 3.50. The summed E-state index contributed by atoms with van der Waals surface area (Å²) in [6, 6.07) is 0. The van der Waals surface area contributed by atoms with Gasteiger partial charge in [0.25, 0.3) is 5.56 Å². The third-order valence-corrected chi connectivity index (χ3v) is 5.29. The third kappa shape index (κ3) is 2.78. The number of ether oxygens (including phenoxy) is 2. The van der Waals surface area contributed by atoms with Crippen LogP contribution >= 0.6 is 0 Å². The summed E-state index contributed by atoms with van der Waals surface area (Å²) in [7, 11) is -1.66. The second-order valence-electron chi connectivity index (χ2n) is 7.36. The van der Waals surface area contributed by atoms with Crippen molar-refractivity contribution in [1.29, 1.82) is 0 Å². The molecule has 0 saturated carbocycles. The molecule has 130 valence electrons. The maximum Gasteiger partial charge on any atom is 0.330 e. The van der Waals surface area contributed by atoms with E-state index in [1.807, 2.05) is 6.92 Å². The third-order valence-electron chi connectivity index (χ3n) is 4.42. The van der Waals surface area contributed by atoms with E-state index in [-0.39, 0.29) is 5.56 Å². The van der Waals surface area contributed by atoms with Crippen molar-refractivity contribution in [3.63, 3.8) is 0 Å². The van der Waals surface area contributed by atoms with Crippen LogP contribution < -0.4 is 11.2 Å². The lowest BCUT2D eigenvalue weighted by Gasteiger charge is -2.30. The molecule has 8 heteroatoms. The summed E-state index contributed by atoms with van der Waals surface area (Å²) in [4.78, 5) is 26.5. The van der Waals surface area contributed by atoms with Crippen LogP contribution in [0.5, 0.6) is 0 Å². The van der Waals surface area contributed by atoms with Crippen LogP contribution in [0.25, 0.3) is 0 Å². The molecule has 1 aromatic rings. The predicted octanol–water partition coefficient (Wildman–Crippen LogP) is 0.203. The zero-order valence-corrected chi connectivity index (χ0v) is 15.3. The first-order valence-corrected chi connectivity index (χ1v) is 11.5. The molecule has 0 radical (unpaired) electrons. The van der Waals surface area contributed by atoms with Crippen molar-refractivity contribution in [2.75, 3.05) is 6.61 Å². The van der Waals surface area contributed by atoms with Gasteiger partial charge >= 0.3 is 5.69 Å². The molecule has 2 bridgehead atoms. The van der Waals surface area contributed by atoms with Crippen molar-refractivity contribution in [1.82, 2.24) is 9.55 Å². The largest absolute Gasteiger partial charge is 0.387 e. The van der Waals surface area contributed by atoms with E-state index in [9.17, 15) is 14.7 Å². The first-order valence-electron chi connectivity index (χ1n) is 8.03. The van der Waals surface area contributed by atoms with Gasteiger partial charge in [-0.25, -0.2) is 4.79 Å². The van der Waals surface area contributed by atoms with Crippen LogP contribution in [0.4, 0.5) is 0 Å². The van der Waals surface area contributed by atoms with Gasteiger partial charge in [0.15, 0.2) is 6.23 Å². The average molecular weight is 350 g/mol. The molecule has 3 heterocycles. The van der Waals surface area contributed by atoms with E-state index in [0.29, 0.717) is 13.0 Å². The highest BCUT2D eigenvalue weighted by molar-refractivity contribution is 6.83. The zero-order valence-electron chi connectivity index (χ0n) is 14.3. The van der Waals surface area contributed by atoms with Crippen LogP contribution in [0.1, 0.15) is 25.1 Å². The number of hydrogen-bond acceptors (Lipinski definition) is 5. The van der Waals surface area contributed by atoms with Crippen molar-refractivity contribution < 1.29 is 14.6 Å². The lowest BCUT2D eigenvalue weighted by atomic mass is 9.96. The van der Waals surface area contributed by atoms with E-state index in [1.165, 1.54) is 10.8 Å². The molecule has 0 amide bonds. The molecule has 1 unspecified atom stereocenters. The number of H-pyrrole nitrogens is 1. The highest BCUT2D eigenvalue weighted by Crippen LogP contribution is 2.46. The Morgan fingerprint density at radius 2 is 2.17 bits per heavy atom.